The Morgan fingerprint density at radius 2 is 2.30 bits per heavy atom. The molecule has 0 atom stereocenters. The molecule has 0 spiro atoms. The predicted octanol–water partition coefficient (Wildman–Crippen LogP) is 0.910. The van der Waals surface area contributed by atoms with Crippen LogP contribution in [0, 0.1) is 0 Å². The van der Waals surface area contributed by atoms with Crippen LogP contribution in [0.3, 0.4) is 0 Å². The Labute approximate surface area is 116 Å². The van der Waals surface area contributed by atoms with Crippen LogP contribution >= 0.6 is 0 Å². The molecule has 1 heterocycles. The highest BCUT2D eigenvalue weighted by atomic mass is 16.5. The number of esters is 1. The highest BCUT2D eigenvalue weighted by molar-refractivity contribution is 5.69. The van der Waals surface area contributed by atoms with Gasteiger partial charge in [-0.05, 0) is 12.1 Å². The molecular formula is C13H16N4O3. The van der Waals surface area contributed by atoms with Crippen molar-refractivity contribution in [3.05, 3.63) is 36.4 Å². The lowest BCUT2D eigenvalue weighted by atomic mass is 10.3. The lowest BCUT2D eigenvalue weighted by Crippen LogP contribution is -2.12. The molecule has 7 nitrogen and oxygen atoms in total. The van der Waals surface area contributed by atoms with Gasteiger partial charge in [0, 0.05) is 18.8 Å². The molecular weight excluding hydrogens is 260 g/mol. The van der Waals surface area contributed by atoms with Gasteiger partial charge in [-0.1, -0.05) is 6.07 Å². The van der Waals surface area contributed by atoms with Crippen LogP contribution in [0.4, 0.5) is 5.69 Å². The molecule has 20 heavy (non-hydrogen) atoms. The first-order chi connectivity index (χ1) is 9.65. The maximum Gasteiger partial charge on any atom is 0.309 e. The molecule has 1 aromatic heterocycles. The molecule has 0 fully saturated rings. The number of nitrogen functional groups attached to an aromatic ring is 1. The third kappa shape index (κ3) is 3.98. The van der Waals surface area contributed by atoms with E-state index < -0.39 is 0 Å². The van der Waals surface area contributed by atoms with E-state index in [9.17, 15) is 4.79 Å². The van der Waals surface area contributed by atoms with Crippen molar-refractivity contribution < 1.29 is 14.3 Å². The summed E-state index contributed by atoms with van der Waals surface area (Å²) in [5.74, 6) is 0.873. The number of hydrogen-bond donors (Lipinski definition) is 1. The Morgan fingerprint density at radius 1 is 1.45 bits per heavy atom. The van der Waals surface area contributed by atoms with Gasteiger partial charge in [-0.2, -0.15) is 5.10 Å². The first-order valence-corrected chi connectivity index (χ1v) is 6.12. The summed E-state index contributed by atoms with van der Waals surface area (Å²) < 4.78 is 12.0. The number of rotatable bonds is 6. The summed E-state index contributed by atoms with van der Waals surface area (Å²) in [4.78, 5) is 15.5. The summed E-state index contributed by atoms with van der Waals surface area (Å²) in [7, 11) is 1.74. The van der Waals surface area contributed by atoms with Crippen LogP contribution in [0.1, 0.15) is 12.2 Å². The van der Waals surface area contributed by atoms with E-state index in [1.807, 2.05) is 0 Å². The number of nitrogens with two attached hydrogens (primary N) is 1. The van der Waals surface area contributed by atoms with Crippen molar-refractivity contribution in [3.8, 4) is 5.75 Å². The molecule has 2 rings (SSSR count). The average molecular weight is 276 g/mol. The molecule has 1 aromatic carbocycles. The normalized spacial score (nSPS) is 10.2. The van der Waals surface area contributed by atoms with Crippen molar-refractivity contribution in [3.63, 3.8) is 0 Å². The van der Waals surface area contributed by atoms with Crippen molar-refractivity contribution in [2.75, 3.05) is 12.3 Å². The highest BCUT2D eigenvalue weighted by Gasteiger charge is 2.07. The van der Waals surface area contributed by atoms with Crippen LogP contribution in [-0.4, -0.2) is 27.3 Å². The fourth-order valence-electron chi connectivity index (χ4n) is 1.52. The summed E-state index contributed by atoms with van der Waals surface area (Å²) in [6.45, 7) is 0.342. The van der Waals surface area contributed by atoms with Gasteiger partial charge in [0.2, 0.25) is 0 Å². The molecule has 2 N–H and O–H groups in total. The molecule has 0 saturated carbocycles. The number of carbonyl (C=O) groups excluding carboxylic acids is 1. The predicted molar refractivity (Wildman–Crippen MR) is 71.8 cm³/mol. The maximum atomic E-state index is 11.5. The number of carbonyl (C=O) groups is 1. The summed E-state index contributed by atoms with van der Waals surface area (Å²) in [5.41, 5.74) is 6.24. The minimum absolute atomic E-state index is 0.105. The van der Waals surface area contributed by atoms with E-state index in [0.717, 1.165) is 0 Å². The average Bonchev–Trinajstić information content (AvgIpc) is 2.82. The quantitative estimate of drug-likeness (QED) is 0.622. The number of ether oxygens (including phenoxy) is 2. The van der Waals surface area contributed by atoms with Crippen molar-refractivity contribution in [2.24, 2.45) is 7.05 Å². The van der Waals surface area contributed by atoms with E-state index in [2.05, 4.69) is 10.1 Å². The monoisotopic (exact) mass is 276 g/mol. The molecule has 0 bridgehead atoms. The Morgan fingerprint density at radius 3 is 3.00 bits per heavy atom. The van der Waals surface area contributed by atoms with Crippen LogP contribution in [-0.2, 0) is 23.2 Å². The number of aryl methyl sites for hydroxylation is 1. The zero-order valence-electron chi connectivity index (χ0n) is 11.2. The summed E-state index contributed by atoms with van der Waals surface area (Å²) in [5, 5.41) is 3.88. The zero-order chi connectivity index (χ0) is 14.4. The van der Waals surface area contributed by atoms with E-state index in [4.69, 9.17) is 15.2 Å². The SMILES string of the molecule is Cn1ncnc1COC(=O)CCOc1cccc(N)c1. The highest BCUT2D eigenvalue weighted by Crippen LogP contribution is 2.14. The van der Waals surface area contributed by atoms with Crippen LogP contribution in [0.15, 0.2) is 30.6 Å². The van der Waals surface area contributed by atoms with Gasteiger partial charge < -0.3 is 15.2 Å². The first-order valence-electron chi connectivity index (χ1n) is 6.12. The first kappa shape index (κ1) is 13.9. The molecule has 0 aliphatic carbocycles. The van der Waals surface area contributed by atoms with Gasteiger partial charge in [-0.15, -0.1) is 0 Å². The Hall–Kier alpha value is -2.57. The van der Waals surface area contributed by atoms with Crippen LogP contribution < -0.4 is 10.5 Å². The van der Waals surface area contributed by atoms with Gasteiger partial charge in [0.15, 0.2) is 12.4 Å². The van der Waals surface area contributed by atoms with Gasteiger partial charge in [-0.3, -0.25) is 9.48 Å². The van der Waals surface area contributed by atoms with E-state index in [0.29, 0.717) is 17.3 Å². The van der Waals surface area contributed by atoms with E-state index in [1.54, 1.807) is 36.0 Å². The second-order valence-electron chi connectivity index (χ2n) is 4.13. The van der Waals surface area contributed by atoms with Crippen molar-refractivity contribution in [1.82, 2.24) is 14.8 Å². The lowest BCUT2D eigenvalue weighted by Gasteiger charge is -2.07. The molecule has 0 amide bonds. The third-order valence-corrected chi connectivity index (χ3v) is 2.60. The molecule has 0 saturated heterocycles. The van der Waals surface area contributed by atoms with Crippen molar-refractivity contribution in [2.45, 2.75) is 13.0 Å². The number of aromatic nitrogens is 3. The lowest BCUT2D eigenvalue weighted by molar-refractivity contribution is -0.145. The van der Waals surface area contributed by atoms with Gasteiger partial charge in [0.1, 0.15) is 12.1 Å². The number of nitrogens with zero attached hydrogens (tertiary/aromatic N) is 3. The molecule has 0 aliphatic heterocycles. The Balaban J connectivity index is 1.69. The standard InChI is InChI=1S/C13H16N4O3/c1-17-12(15-9-16-17)8-20-13(18)5-6-19-11-4-2-3-10(14)7-11/h2-4,7,9H,5-6,8,14H2,1H3. The van der Waals surface area contributed by atoms with Crippen LogP contribution in [0.5, 0.6) is 5.75 Å². The van der Waals surface area contributed by atoms with Crippen molar-refractivity contribution in [1.29, 1.82) is 0 Å². The fraction of sp³-hybridized carbons (Fsp3) is 0.308. The smallest absolute Gasteiger partial charge is 0.309 e. The number of hydrogen-bond acceptors (Lipinski definition) is 6. The Kier molecular flexibility index (Phi) is 4.54. The number of anilines is 1. The molecule has 2 aromatic rings. The molecule has 7 heteroatoms. The molecule has 0 radical (unpaired) electrons. The van der Waals surface area contributed by atoms with E-state index in [-0.39, 0.29) is 25.6 Å². The Bertz CT molecular complexity index is 583. The zero-order valence-corrected chi connectivity index (χ0v) is 11.2. The molecule has 106 valence electrons. The van der Waals surface area contributed by atoms with Crippen LogP contribution in [0.25, 0.3) is 0 Å². The topological polar surface area (TPSA) is 92.3 Å². The fourth-order valence-corrected chi connectivity index (χ4v) is 1.52. The summed E-state index contributed by atoms with van der Waals surface area (Å²) in [6.07, 6.45) is 1.57. The third-order valence-electron chi connectivity index (χ3n) is 2.60. The molecule has 0 aliphatic rings. The second kappa shape index (κ2) is 6.55. The van der Waals surface area contributed by atoms with Gasteiger partial charge >= 0.3 is 5.97 Å². The van der Waals surface area contributed by atoms with Crippen molar-refractivity contribution >= 4 is 11.7 Å². The minimum atomic E-state index is -0.350. The van der Waals surface area contributed by atoms with Gasteiger partial charge in [0.25, 0.3) is 0 Å². The van der Waals surface area contributed by atoms with Crippen LogP contribution in [0.2, 0.25) is 0 Å². The van der Waals surface area contributed by atoms with Gasteiger partial charge in [0.05, 0.1) is 13.0 Å². The minimum Gasteiger partial charge on any atom is -0.493 e. The molecule has 0 unspecified atom stereocenters. The largest absolute Gasteiger partial charge is 0.493 e. The van der Waals surface area contributed by atoms with E-state index >= 15 is 0 Å². The summed E-state index contributed by atoms with van der Waals surface area (Å²) in [6, 6.07) is 7.03. The summed E-state index contributed by atoms with van der Waals surface area (Å²) >= 11 is 0. The maximum absolute atomic E-state index is 11.5. The van der Waals surface area contributed by atoms with Gasteiger partial charge in [-0.25, -0.2) is 4.98 Å². The second-order valence-corrected chi connectivity index (χ2v) is 4.13. The number of benzene rings is 1. The van der Waals surface area contributed by atoms with E-state index in [1.165, 1.54) is 6.33 Å².